The van der Waals surface area contributed by atoms with Crippen molar-refractivity contribution in [1.29, 1.82) is 0 Å². The van der Waals surface area contributed by atoms with E-state index in [0.29, 0.717) is 24.2 Å². The average molecular weight is 437 g/mol. The molecule has 0 atom stereocenters. The van der Waals surface area contributed by atoms with Gasteiger partial charge in [0.05, 0.1) is 16.6 Å². The van der Waals surface area contributed by atoms with Crippen LogP contribution in [0.5, 0.6) is 0 Å². The van der Waals surface area contributed by atoms with E-state index in [0.717, 1.165) is 56.6 Å². The Balaban J connectivity index is 1.70. The highest BCUT2D eigenvalue weighted by atomic mass is 16.2. The van der Waals surface area contributed by atoms with Gasteiger partial charge in [0.1, 0.15) is 5.65 Å². The lowest BCUT2D eigenvalue weighted by Crippen LogP contribution is -2.38. The first-order valence-corrected chi connectivity index (χ1v) is 11.5. The van der Waals surface area contributed by atoms with Crippen LogP contribution in [0.2, 0.25) is 0 Å². The summed E-state index contributed by atoms with van der Waals surface area (Å²) in [4.78, 5) is 39.2. The molecule has 0 unspecified atom stereocenters. The molecule has 164 valence electrons. The van der Waals surface area contributed by atoms with Crippen molar-refractivity contribution in [2.45, 2.75) is 13.8 Å². The minimum atomic E-state index is -0.216. The topological polar surface area (TPSA) is 69.3 Å². The molecule has 0 saturated carbocycles. The van der Waals surface area contributed by atoms with Crippen molar-refractivity contribution in [3.8, 4) is 0 Å². The highest BCUT2D eigenvalue weighted by Crippen LogP contribution is 2.43. The van der Waals surface area contributed by atoms with Crippen LogP contribution in [-0.2, 0) is 0 Å². The van der Waals surface area contributed by atoms with Gasteiger partial charge >= 0.3 is 0 Å². The molecule has 3 heterocycles. The molecule has 1 N–H and O–H groups in total. The van der Waals surface area contributed by atoms with Crippen LogP contribution in [0.1, 0.15) is 34.6 Å². The van der Waals surface area contributed by atoms with Crippen molar-refractivity contribution >= 4 is 55.3 Å². The third kappa shape index (κ3) is 2.74. The van der Waals surface area contributed by atoms with Crippen LogP contribution in [0, 0.1) is 0 Å². The summed E-state index contributed by atoms with van der Waals surface area (Å²) >= 11 is 0. The number of likely N-dealkylation sites (N-methyl/N-ethyl adjacent to an activating group) is 1. The molecule has 6 rings (SSSR count). The van der Waals surface area contributed by atoms with Gasteiger partial charge in [-0.25, -0.2) is 4.98 Å². The van der Waals surface area contributed by atoms with E-state index in [1.54, 1.807) is 6.20 Å². The summed E-state index contributed by atoms with van der Waals surface area (Å²) < 4.78 is 0. The molecule has 6 nitrogen and oxygen atoms in total. The predicted molar refractivity (Wildman–Crippen MR) is 132 cm³/mol. The van der Waals surface area contributed by atoms with E-state index in [1.807, 2.05) is 42.5 Å². The number of amides is 2. The Bertz CT molecular complexity index is 1600. The van der Waals surface area contributed by atoms with E-state index in [1.165, 1.54) is 4.90 Å². The second kappa shape index (κ2) is 7.39. The third-order valence-electron chi connectivity index (χ3n) is 6.97. The smallest absolute Gasteiger partial charge is 0.262 e. The van der Waals surface area contributed by atoms with E-state index in [2.05, 4.69) is 34.8 Å². The lowest BCUT2D eigenvalue weighted by Gasteiger charge is -2.21. The van der Waals surface area contributed by atoms with Gasteiger partial charge in [0.15, 0.2) is 0 Å². The molecule has 5 aromatic rings. The Labute approximate surface area is 190 Å². The SMILES string of the molecule is CCN(CC)CCN1C(=O)c2c(c3c4cccnc4[nH]c3c3ccc4ccccc4c23)C1=O. The molecule has 2 aromatic heterocycles. The Hall–Kier alpha value is -3.77. The van der Waals surface area contributed by atoms with Gasteiger partial charge in [0.2, 0.25) is 0 Å². The molecule has 1 aliphatic heterocycles. The number of rotatable bonds is 5. The Morgan fingerprint density at radius 3 is 2.36 bits per heavy atom. The second-order valence-corrected chi connectivity index (χ2v) is 8.52. The van der Waals surface area contributed by atoms with Crippen LogP contribution in [0.4, 0.5) is 0 Å². The molecule has 0 radical (unpaired) electrons. The first-order chi connectivity index (χ1) is 16.1. The van der Waals surface area contributed by atoms with Gasteiger partial charge in [0, 0.05) is 40.8 Å². The number of carbonyl (C=O) groups excluding carboxylic acids is 2. The van der Waals surface area contributed by atoms with Crippen LogP contribution in [0.25, 0.3) is 43.5 Å². The highest BCUT2D eigenvalue weighted by molar-refractivity contribution is 6.39. The van der Waals surface area contributed by atoms with E-state index < -0.39 is 0 Å². The zero-order chi connectivity index (χ0) is 22.7. The van der Waals surface area contributed by atoms with Gasteiger partial charge < -0.3 is 9.88 Å². The number of carbonyl (C=O) groups is 2. The van der Waals surface area contributed by atoms with Crippen molar-refractivity contribution < 1.29 is 9.59 Å². The lowest BCUT2D eigenvalue weighted by molar-refractivity contribution is 0.0639. The molecule has 3 aromatic carbocycles. The lowest BCUT2D eigenvalue weighted by atomic mass is 9.91. The molecular weight excluding hydrogens is 412 g/mol. The van der Waals surface area contributed by atoms with Crippen LogP contribution >= 0.6 is 0 Å². The molecule has 0 spiro atoms. The number of H-pyrrole nitrogens is 1. The monoisotopic (exact) mass is 436 g/mol. The Morgan fingerprint density at radius 1 is 0.848 bits per heavy atom. The summed E-state index contributed by atoms with van der Waals surface area (Å²) in [6.45, 7) is 6.98. The van der Waals surface area contributed by atoms with E-state index in [-0.39, 0.29) is 11.8 Å². The van der Waals surface area contributed by atoms with Crippen molar-refractivity contribution in [2.75, 3.05) is 26.2 Å². The number of aromatic nitrogens is 2. The zero-order valence-electron chi connectivity index (χ0n) is 18.7. The summed E-state index contributed by atoms with van der Waals surface area (Å²) in [5.41, 5.74) is 2.59. The number of pyridine rings is 1. The first kappa shape index (κ1) is 19.9. The van der Waals surface area contributed by atoms with Crippen LogP contribution in [0.3, 0.4) is 0 Å². The van der Waals surface area contributed by atoms with E-state index >= 15 is 0 Å². The van der Waals surface area contributed by atoms with Gasteiger partial charge in [-0.15, -0.1) is 0 Å². The van der Waals surface area contributed by atoms with Crippen molar-refractivity contribution in [2.24, 2.45) is 0 Å². The van der Waals surface area contributed by atoms with Gasteiger partial charge in [-0.2, -0.15) is 0 Å². The summed E-state index contributed by atoms with van der Waals surface area (Å²) in [6.07, 6.45) is 1.74. The maximum Gasteiger partial charge on any atom is 0.262 e. The molecular formula is C27H24N4O2. The van der Waals surface area contributed by atoms with E-state index in [9.17, 15) is 9.59 Å². The highest BCUT2D eigenvalue weighted by Gasteiger charge is 2.40. The van der Waals surface area contributed by atoms with Crippen molar-refractivity contribution in [1.82, 2.24) is 19.8 Å². The van der Waals surface area contributed by atoms with Crippen molar-refractivity contribution in [3.05, 3.63) is 65.9 Å². The number of hydrogen-bond donors (Lipinski definition) is 1. The summed E-state index contributed by atoms with van der Waals surface area (Å²) in [5.74, 6) is -0.421. The second-order valence-electron chi connectivity index (χ2n) is 8.52. The normalized spacial score (nSPS) is 14.0. The van der Waals surface area contributed by atoms with Crippen LogP contribution in [-0.4, -0.2) is 57.8 Å². The van der Waals surface area contributed by atoms with Crippen LogP contribution in [0.15, 0.2) is 54.7 Å². The molecule has 0 aliphatic carbocycles. The maximum atomic E-state index is 13.8. The first-order valence-electron chi connectivity index (χ1n) is 11.5. The quantitative estimate of drug-likeness (QED) is 0.312. The summed E-state index contributed by atoms with van der Waals surface area (Å²) in [5, 5.41) is 5.46. The number of imide groups is 1. The molecule has 0 bridgehead atoms. The number of fused-ring (bicyclic) bond motifs is 10. The van der Waals surface area contributed by atoms with Crippen molar-refractivity contribution in [3.63, 3.8) is 0 Å². The van der Waals surface area contributed by atoms with Crippen LogP contribution < -0.4 is 0 Å². The predicted octanol–water partition coefficient (Wildman–Crippen LogP) is 4.96. The largest absolute Gasteiger partial charge is 0.339 e. The molecule has 33 heavy (non-hydrogen) atoms. The van der Waals surface area contributed by atoms with Gasteiger partial charge in [-0.3, -0.25) is 14.5 Å². The zero-order valence-corrected chi connectivity index (χ0v) is 18.7. The minimum absolute atomic E-state index is 0.205. The molecule has 2 amide bonds. The number of nitrogens with one attached hydrogen (secondary N) is 1. The Kier molecular flexibility index (Phi) is 4.45. The molecule has 6 heteroatoms. The summed E-state index contributed by atoms with van der Waals surface area (Å²) in [7, 11) is 0. The average Bonchev–Trinajstić information content (AvgIpc) is 3.35. The minimum Gasteiger partial charge on any atom is -0.339 e. The van der Waals surface area contributed by atoms with Gasteiger partial charge in [0.25, 0.3) is 11.8 Å². The fourth-order valence-electron chi connectivity index (χ4n) is 5.26. The number of hydrogen-bond acceptors (Lipinski definition) is 4. The number of benzene rings is 3. The Morgan fingerprint density at radius 2 is 1.58 bits per heavy atom. The third-order valence-corrected chi connectivity index (χ3v) is 6.97. The summed E-state index contributed by atoms with van der Waals surface area (Å²) in [6, 6.07) is 16.0. The molecule has 1 aliphatic rings. The maximum absolute atomic E-state index is 13.8. The number of aromatic amines is 1. The standard InChI is InChI=1S/C27H24N4O2/c1-3-30(4-2)14-15-31-26(32)22-20-17-9-6-5-8-16(17)11-12-18(20)24-21(23(22)27(31)33)19-10-7-13-28-25(19)29-24/h5-13H,3-4,14-15H2,1-2H3,(H,28,29). The fourth-order valence-corrected chi connectivity index (χ4v) is 5.26. The fraction of sp³-hybridized carbons (Fsp3) is 0.222. The molecule has 0 fully saturated rings. The van der Waals surface area contributed by atoms with Gasteiger partial charge in [-0.05, 0) is 36.0 Å². The molecule has 0 saturated heterocycles. The number of nitrogens with zero attached hydrogens (tertiary/aromatic N) is 3. The van der Waals surface area contributed by atoms with E-state index in [4.69, 9.17) is 0 Å². The van der Waals surface area contributed by atoms with Gasteiger partial charge in [-0.1, -0.05) is 50.2 Å².